The smallest absolute Gasteiger partial charge is 0.227 e. The average molecular weight is 372 g/mol. The number of carbonyl (C=O) groups excluding carboxylic acids is 1. The number of amides is 1. The van der Waals surface area contributed by atoms with Crippen LogP contribution in [0.5, 0.6) is 0 Å². The Morgan fingerprint density at radius 3 is 2.58 bits per heavy atom. The lowest BCUT2D eigenvalue weighted by Gasteiger charge is -2.32. The molecule has 3 rings (SSSR count). The van der Waals surface area contributed by atoms with Crippen LogP contribution >= 0.6 is 11.3 Å². The highest BCUT2D eigenvalue weighted by Gasteiger charge is 2.24. The van der Waals surface area contributed by atoms with Crippen LogP contribution in [0.2, 0.25) is 0 Å². The Hall–Kier alpha value is -1.72. The van der Waals surface area contributed by atoms with Crippen LogP contribution in [0.25, 0.3) is 11.3 Å². The van der Waals surface area contributed by atoms with Crippen LogP contribution in [-0.2, 0) is 11.2 Å². The lowest BCUT2D eigenvalue weighted by atomic mass is 9.93. The number of likely N-dealkylation sites (tertiary alicyclic amines) is 1. The van der Waals surface area contributed by atoms with Crippen molar-refractivity contribution in [1.29, 1.82) is 0 Å². The van der Waals surface area contributed by atoms with Crippen molar-refractivity contribution in [2.24, 2.45) is 5.92 Å². The van der Waals surface area contributed by atoms with Crippen LogP contribution < -0.4 is 5.32 Å². The number of aryl methyl sites for hydroxylation is 2. The summed E-state index contributed by atoms with van der Waals surface area (Å²) in [7, 11) is 2.00. The van der Waals surface area contributed by atoms with Crippen molar-refractivity contribution < 1.29 is 4.79 Å². The Kier molecular flexibility index (Phi) is 6.43. The molecule has 0 unspecified atom stereocenters. The molecule has 1 amide bonds. The van der Waals surface area contributed by atoms with Crippen molar-refractivity contribution in [2.75, 3.05) is 26.7 Å². The third kappa shape index (κ3) is 4.71. The maximum atomic E-state index is 12.8. The van der Waals surface area contributed by atoms with Crippen LogP contribution in [-0.4, -0.2) is 42.5 Å². The quantitative estimate of drug-likeness (QED) is 0.840. The lowest BCUT2D eigenvalue weighted by molar-refractivity contribution is -0.131. The number of piperidine rings is 1. The summed E-state index contributed by atoms with van der Waals surface area (Å²) in [4.78, 5) is 20.7. The summed E-state index contributed by atoms with van der Waals surface area (Å²) >= 11 is 1.65. The second kappa shape index (κ2) is 8.78. The van der Waals surface area contributed by atoms with Gasteiger partial charge in [-0.2, -0.15) is 0 Å². The summed E-state index contributed by atoms with van der Waals surface area (Å²) in [6, 6.07) is 8.41. The first-order valence-corrected chi connectivity index (χ1v) is 10.3. The zero-order valence-electron chi connectivity index (χ0n) is 16.0. The van der Waals surface area contributed by atoms with Gasteiger partial charge in [0.25, 0.3) is 0 Å². The van der Waals surface area contributed by atoms with E-state index in [9.17, 15) is 4.79 Å². The molecule has 1 aromatic carbocycles. The van der Waals surface area contributed by atoms with Gasteiger partial charge < -0.3 is 10.2 Å². The Bertz CT molecular complexity index is 730. The minimum absolute atomic E-state index is 0.245. The highest BCUT2D eigenvalue weighted by molar-refractivity contribution is 7.12. The number of hydrogen-bond donors (Lipinski definition) is 1. The maximum absolute atomic E-state index is 12.8. The zero-order chi connectivity index (χ0) is 18.5. The van der Waals surface area contributed by atoms with Gasteiger partial charge in [0.15, 0.2) is 0 Å². The minimum Gasteiger partial charge on any atom is -0.342 e. The molecular weight excluding hydrogens is 342 g/mol. The SMILES string of the molecule is CNCCC1CCN(C(=O)Cc2sc(C)nc2-c2ccc(C)cc2)CC1. The number of benzene rings is 1. The van der Waals surface area contributed by atoms with Crippen LogP contribution in [0.4, 0.5) is 0 Å². The number of nitrogens with one attached hydrogen (secondary N) is 1. The third-order valence-electron chi connectivity index (χ3n) is 5.21. The van der Waals surface area contributed by atoms with E-state index in [4.69, 9.17) is 4.98 Å². The molecule has 0 radical (unpaired) electrons. The van der Waals surface area contributed by atoms with Crippen molar-refractivity contribution in [2.45, 2.75) is 39.5 Å². The highest BCUT2D eigenvalue weighted by atomic mass is 32.1. The third-order valence-corrected chi connectivity index (χ3v) is 6.18. The molecule has 140 valence electrons. The average Bonchev–Trinajstić information content (AvgIpc) is 3.01. The van der Waals surface area contributed by atoms with Crippen LogP contribution in [0, 0.1) is 19.8 Å². The number of thiazole rings is 1. The van der Waals surface area contributed by atoms with Crippen molar-refractivity contribution >= 4 is 17.2 Å². The molecule has 1 N–H and O–H groups in total. The summed E-state index contributed by atoms with van der Waals surface area (Å²) in [5, 5.41) is 4.25. The van der Waals surface area contributed by atoms with E-state index >= 15 is 0 Å². The molecule has 5 heteroatoms. The van der Waals surface area contributed by atoms with Crippen molar-refractivity contribution in [3.63, 3.8) is 0 Å². The van der Waals surface area contributed by atoms with E-state index in [0.717, 1.165) is 59.5 Å². The van der Waals surface area contributed by atoms with E-state index in [0.29, 0.717) is 6.42 Å². The summed E-state index contributed by atoms with van der Waals surface area (Å²) in [5.74, 6) is 0.995. The summed E-state index contributed by atoms with van der Waals surface area (Å²) in [6.07, 6.45) is 3.93. The molecule has 0 atom stereocenters. The van der Waals surface area contributed by atoms with Crippen molar-refractivity contribution in [1.82, 2.24) is 15.2 Å². The molecule has 26 heavy (non-hydrogen) atoms. The molecule has 1 fully saturated rings. The van der Waals surface area contributed by atoms with Crippen molar-refractivity contribution in [3.05, 3.63) is 39.7 Å². The first-order chi connectivity index (χ1) is 12.6. The standard InChI is InChI=1S/C21H29N3OS/c1-15-4-6-18(7-5-15)21-19(26-16(2)23-21)14-20(25)24-12-9-17(10-13-24)8-11-22-3/h4-7,17,22H,8-14H2,1-3H3. The van der Waals surface area contributed by atoms with E-state index in [1.54, 1.807) is 11.3 Å². The van der Waals surface area contributed by atoms with Crippen LogP contribution in [0.1, 0.15) is 34.7 Å². The minimum atomic E-state index is 0.245. The molecule has 0 bridgehead atoms. The highest BCUT2D eigenvalue weighted by Crippen LogP contribution is 2.30. The molecular formula is C21H29N3OS. The van der Waals surface area contributed by atoms with Gasteiger partial charge in [-0.05, 0) is 52.6 Å². The fourth-order valence-electron chi connectivity index (χ4n) is 3.59. The topological polar surface area (TPSA) is 45.2 Å². The Balaban J connectivity index is 1.64. The molecule has 1 aliphatic rings. The largest absolute Gasteiger partial charge is 0.342 e. The Morgan fingerprint density at radius 1 is 1.23 bits per heavy atom. The maximum Gasteiger partial charge on any atom is 0.227 e. The van der Waals surface area contributed by atoms with Crippen LogP contribution in [0.3, 0.4) is 0 Å². The van der Waals surface area contributed by atoms with Gasteiger partial charge >= 0.3 is 0 Å². The molecule has 1 aromatic heterocycles. The van der Waals surface area contributed by atoms with Crippen molar-refractivity contribution in [3.8, 4) is 11.3 Å². The predicted octanol–water partition coefficient (Wildman–Crippen LogP) is 3.82. The van der Waals surface area contributed by atoms with Gasteiger partial charge in [0.2, 0.25) is 5.91 Å². The van der Waals surface area contributed by atoms with E-state index in [1.165, 1.54) is 12.0 Å². The second-order valence-corrected chi connectivity index (χ2v) is 8.55. The number of hydrogen-bond acceptors (Lipinski definition) is 4. The Labute approximate surface area is 160 Å². The van der Waals surface area contributed by atoms with Gasteiger partial charge in [0, 0.05) is 23.5 Å². The van der Waals surface area contributed by atoms with Gasteiger partial charge in [-0.3, -0.25) is 4.79 Å². The summed E-state index contributed by atoms with van der Waals surface area (Å²) < 4.78 is 0. The van der Waals surface area contributed by atoms with Gasteiger partial charge in [-0.15, -0.1) is 11.3 Å². The number of nitrogens with zero attached hydrogens (tertiary/aromatic N) is 2. The van der Waals surface area contributed by atoms with Gasteiger partial charge in [0.1, 0.15) is 0 Å². The molecule has 1 aliphatic heterocycles. The molecule has 0 aliphatic carbocycles. The van der Waals surface area contributed by atoms with E-state index in [2.05, 4.69) is 36.5 Å². The number of aromatic nitrogens is 1. The van der Waals surface area contributed by atoms with Crippen LogP contribution in [0.15, 0.2) is 24.3 Å². The fraction of sp³-hybridized carbons (Fsp3) is 0.524. The fourth-order valence-corrected chi connectivity index (χ4v) is 4.54. The summed E-state index contributed by atoms with van der Waals surface area (Å²) in [5.41, 5.74) is 3.32. The molecule has 0 spiro atoms. The zero-order valence-corrected chi connectivity index (χ0v) is 16.9. The van der Waals surface area contributed by atoms with Gasteiger partial charge in [-0.1, -0.05) is 29.8 Å². The predicted molar refractivity (Wildman–Crippen MR) is 109 cm³/mol. The van der Waals surface area contributed by atoms with E-state index < -0.39 is 0 Å². The first-order valence-electron chi connectivity index (χ1n) is 9.52. The molecule has 2 aromatic rings. The second-order valence-electron chi connectivity index (χ2n) is 7.26. The first kappa shape index (κ1) is 19.1. The lowest BCUT2D eigenvalue weighted by Crippen LogP contribution is -2.39. The number of carbonyl (C=O) groups is 1. The molecule has 4 nitrogen and oxygen atoms in total. The number of rotatable bonds is 6. The van der Waals surface area contributed by atoms with E-state index in [-0.39, 0.29) is 5.91 Å². The summed E-state index contributed by atoms with van der Waals surface area (Å²) in [6.45, 7) is 6.96. The normalized spacial score (nSPS) is 15.4. The van der Waals surface area contributed by atoms with Gasteiger partial charge in [0.05, 0.1) is 17.1 Å². The molecule has 2 heterocycles. The van der Waals surface area contributed by atoms with E-state index in [1.807, 2.05) is 18.9 Å². The molecule has 1 saturated heterocycles. The Morgan fingerprint density at radius 2 is 1.92 bits per heavy atom. The molecule has 0 saturated carbocycles. The van der Waals surface area contributed by atoms with Gasteiger partial charge in [-0.25, -0.2) is 4.98 Å². The monoisotopic (exact) mass is 371 g/mol.